The van der Waals surface area contributed by atoms with E-state index in [0.29, 0.717) is 6.42 Å². The summed E-state index contributed by atoms with van der Waals surface area (Å²) in [5.74, 6) is 1.16. The first-order valence-corrected chi connectivity index (χ1v) is 9.62. The molecule has 1 fully saturated rings. The Bertz CT molecular complexity index is 728. The van der Waals surface area contributed by atoms with Gasteiger partial charge in [0, 0.05) is 30.5 Å². The second-order valence-corrected chi connectivity index (χ2v) is 7.33. The first-order valence-electron chi connectivity index (χ1n) is 9.62. The van der Waals surface area contributed by atoms with E-state index in [4.69, 9.17) is 4.74 Å². The quantitative estimate of drug-likeness (QED) is 0.645. The Hall–Kier alpha value is -2.13. The number of carbonyl (C=O) groups excluding carboxylic acids is 1. The number of Topliss-reactive ketones (excluding diaryl/α,β-unsaturated/α-hetero) is 1. The van der Waals surface area contributed by atoms with Gasteiger partial charge < -0.3 is 9.64 Å². The average Bonchev–Trinajstić information content (AvgIpc) is 3.11. The smallest absolute Gasteiger partial charge is 0.164 e. The van der Waals surface area contributed by atoms with E-state index >= 15 is 0 Å². The van der Waals surface area contributed by atoms with Crippen molar-refractivity contribution in [2.24, 2.45) is 0 Å². The number of methoxy groups -OCH3 is 1. The van der Waals surface area contributed by atoms with Crippen LogP contribution in [0.4, 0.5) is 0 Å². The van der Waals surface area contributed by atoms with Crippen LogP contribution in [0.25, 0.3) is 0 Å². The van der Waals surface area contributed by atoms with Gasteiger partial charge in [0.15, 0.2) is 5.78 Å². The Morgan fingerprint density at radius 2 is 1.96 bits per heavy atom. The van der Waals surface area contributed by atoms with Crippen LogP contribution >= 0.6 is 0 Å². The molecule has 0 aliphatic carbocycles. The van der Waals surface area contributed by atoms with Gasteiger partial charge in [-0.1, -0.05) is 55.8 Å². The normalized spacial score (nSPS) is 20.2. The summed E-state index contributed by atoms with van der Waals surface area (Å²) in [6, 6.07) is 18.1. The Morgan fingerprint density at radius 1 is 1.15 bits per heavy atom. The average molecular weight is 351 g/mol. The molecule has 3 heteroatoms. The zero-order valence-electron chi connectivity index (χ0n) is 15.9. The molecule has 1 saturated heterocycles. The van der Waals surface area contributed by atoms with E-state index in [2.05, 4.69) is 30.0 Å². The van der Waals surface area contributed by atoms with Crippen LogP contribution in [0.1, 0.15) is 48.5 Å². The highest BCUT2D eigenvalue weighted by Gasteiger charge is 2.38. The molecule has 0 radical (unpaired) electrons. The van der Waals surface area contributed by atoms with E-state index in [0.717, 1.165) is 43.8 Å². The van der Waals surface area contributed by atoms with E-state index in [9.17, 15) is 4.79 Å². The van der Waals surface area contributed by atoms with Gasteiger partial charge in [0.25, 0.3) is 0 Å². The number of benzene rings is 2. The molecular weight excluding hydrogens is 322 g/mol. The number of rotatable bonds is 8. The fourth-order valence-electron chi connectivity index (χ4n) is 4.19. The van der Waals surface area contributed by atoms with E-state index < -0.39 is 0 Å². The van der Waals surface area contributed by atoms with Crippen molar-refractivity contribution in [2.45, 2.75) is 38.0 Å². The van der Waals surface area contributed by atoms with Crippen molar-refractivity contribution in [1.82, 2.24) is 4.90 Å². The highest BCUT2D eigenvalue weighted by atomic mass is 16.5. The predicted molar refractivity (Wildman–Crippen MR) is 106 cm³/mol. The standard InChI is InChI=1S/C23H29NO2/c1-3-13-23(20-10-7-11-21(17-20)26-2)14-16-24(18-23)15-12-22(25)19-8-5-4-6-9-19/h4-11,17H,3,12-16,18H2,1-2H3. The summed E-state index contributed by atoms with van der Waals surface area (Å²) < 4.78 is 5.43. The maximum atomic E-state index is 12.4. The van der Waals surface area contributed by atoms with E-state index in [1.54, 1.807) is 7.11 Å². The first kappa shape index (κ1) is 18.7. The molecule has 0 saturated carbocycles. The van der Waals surface area contributed by atoms with Crippen molar-refractivity contribution in [3.63, 3.8) is 0 Å². The summed E-state index contributed by atoms with van der Waals surface area (Å²) >= 11 is 0. The third-order valence-electron chi connectivity index (χ3n) is 5.59. The lowest BCUT2D eigenvalue weighted by molar-refractivity contribution is 0.0967. The minimum Gasteiger partial charge on any atom is -0.497 e. The van der Waals surface area contributed by atoms with Gasteiger partial charge in [-0.15, -0.1) is 0 Å². The lowest BCUT2D eigenvalue weighted by atomic mass is 9.76. The molecule has 1 aliphatic heterocycles. The van der Waals surface area contributed by atoms with Crippen LogP contribution in [0.2, 0.25) is 0 Å². The topological polar surface area (TPSA) is 29.5 Å². The van der Waals surface area contributed by atoms with Gasteiger partial charge in [-0.05, 0) is 37.1 Å². The molecular formula is C23H29NO2. The molecule has 1 heterocycles. The van der Waals surface area contributed by atoms with Gasteiger partial charge in [-0.3, -0.25) is 4.79 Å². The Kier molecular flexibility index (Phi) is 6.10. The van der Waals surface area contributed by atoms with Gasteiger partial charge in [0.2, 0.25) is 0 Å². The molecule has 0 spiro atoms. The highest BCUT2D eigenvalue weighted by Crippen LogP contribution is 2.39. The highest BCUT2D eigenvalue weighted by molar-refractivity contribution is 5.96. The summed E-state index contributed by atoms with van der Waals surface area (Å²) in [5.41, 5.74) is 2.37. The van der Waals surface area contributed by atoms with E-state index in [-0.39, 0.29) is 11.2 Å². The molecule has 1 aliphatic rings. The molecule has 1 unspecified atom stereocenters. The molecule has 3 rings (SSSR count). The molecule has 26 heavy (non-hydrogen) atoms. The second-order valence-electron chi connectivity index (χ2n) is 7.33. The Morgan fingerprint density at radius 3 is 2.69 bits per heavy atom. The number of hydrogen-bond acceptors (Lipinski definition) is 3. The largest absolute Gasteiger partial charge is 0.497 e. The minimum atomic E-state index is 0.180. The van der Waals surface area contributed by atoms with Crippen LogP contribution in [0.15, 0.2) is 54.6 Å². The SMILES string of the molecule is CCCC1(c2cccc(OC)c2)CCN(CCC(=O)c2ccccc2)C1. The van der Waals surface area contributed by atoms with Crippen molar-refractivity contribution in [3.05, 3.63) is 65.7 Å². The lowest BCUT2D eigenvalue weighted by Gasteiger charge is -2.30. The second kappa shape index (κ2) is 8.50. The fraction of sp³-hybridized carbons (Fsp3) is 0.435. The molecule has 0 aromatic heterocycles. The summed E-state index contributed by atoms with van der Waals surface area (Å²) in [6.45, 7) is 5.17. The predicted octanol–water partition coefficient (Wildman–Crippen LogP) is 4.71. The van der Waals surface area contributed by atoms with E-state index in [1.807, 2.05) is 36.4 Å². The van der Waals surface area contributed by atoms with Crippen molar-refractivity contribution in [1.29, 1.82) is 0 Å². The van der Waals surface area contributed by atoms with Crippen molar-refractivity contribution in [3.8, 4) is 5.75 Å². The molecule has 0 N–H and O–H groups in total. The number of hydrogen-bond donors (Lipinski definition) is 0. The number of ether oxygens (including phenoxy) is 1. The van der Waals surface area contributed by atoms with Crippen LogP contribution in [-0.4, -0.2) is 37.4 Å². The molecule has 0 bridgehead atoms. The van der Waals surface area contributed by atoms with Crippen LogP contribution in [-0.2, 0) is 5.41 Å². The Labute approximate surface area is 157 Å². The monoisotopic (exact) mass is 351 g/mol. The fourth-order valence-corrected chi connectivity index (χ4v) is 4.19. The number of nitrogens with zero attached hydrogens (tertiary/aromatic N) is 1. The van der Waals surface area contributed by atoms with Crippen LogP contribution < -0.4 is 4.74 Å². The minimum absolute atomic E-state index is 0.180. The summed E-state index contributed by atoms with van der Waals surface area (Å²) in [5, 5.41) is 0. The molecule has 0 amide bonds. The maximum absolute atomic E-state index is 12.4. The number of ketones is 1. The summed E-state index contributed by atoms with van der Waals surface area (Å²) in [6.07, 6.45) is 4.06. The van der Waals surface area contributed by atoms with Crippen LogP contribution in [0.5, 0.6) is 5.75 Å². The molecule has 1 atom stereocenters. The zero-order valence-corrected chi connectivity index (χ0v) is 15.9. The maximum Gasteiger partial charge on any atom is 0.164 e. The zero-order chi connectivity index (χ0) is 18.4. The van der Waals surface area contributed by atoms with Gasteiger partial charge in [-0.25, -0.2) is 0 Å². The molecule has 3 nitrogen and oxygen atoms in total. The molecule has 138 valence electrons. The third-order valence-corrected chi connectivity index (χ3v) is 5.59. The van der Waals surface area contributed by atoms with Crippen molar-refractivity contribution < 1.29 is 9.53 Å². The van der Waals surface area contributed by atoms with Crippen LogP contribution in [0.3, 0.4) is 0 Å². The number of carbonyl (C=O) groups is 1. The number of likely N-dealkylation sites (tertiary alicyclic amines) is 1. The van der Waals surface area contributed by atoms with Gasteiger partial charge in [0.05, 0.1) is 7.11 Å². The summed E-state index contributed by atoms with van der Waals surface area (Å²) in [7, 11) is 1.72. The van der Waals surface area contributed by atoms with Gasteiger partial charge >= 0.3 is 0 Å². The summed E-state index contributed by atoms with van der Waals surface area (Å²) in [4.78, 5) is 14.9. The van der Waals surface area contributed by atoms with Gasteiger partial charge in [-0.2, -0.15) is 0 Å². The molecule has 2 aromatic rings. The van der Waals surface area contributed by atoms with Crippen molar-refractivity contribution in [2.75, 3.05) is 26.7 Å². The lowest BCUT2D eigenvalue weighted by Crippen LogP contribution is -2.32. The van der Waals surface area contributed by atoms with Crippen LogP contribution in [0, 0.1) is 0 Å². The van der Waals surface area contributed by atoms with Gasteiger partial charge in [0.1, 0.15) is 5.75 Å². The first-order chi connectivity index (χ1) is 12.7. The molecule has 2 aromatic carbocycles. The third kappa shape index (κ3) is 4.16. The Balaban J connectivity index is 1.66. The van der Waals surface area contributed by atoms with E-state index in [1.165, 1.54) is 12.0 Å². The van der Waals surface area contributed by atoms with Crippen molar-refractivity contribution >= 4 is 5.78 Å².